The van der Waals surface area contributed by atoms with Crippen LogP contribution in [0.3, 0.4) is 0 Å². The topological polar surface area (TPSA) is 69.1 Å². The van der Waals surface area contributed by atoms with Crippen LogP contribution in [0.2, 0.25) is 0 Å². The Balaban J connectivity index is 2.94. The molecule has 11 heavy (non-hydrogen) atoms. The smallest absolute Gasteiger partial charge is 0.226 e. The Kier molecular flexibility index (Phi) is 1.41. The summed E-state index contributed by atoms with van der Waals surface area (Å²) in [6.45, 7) is 0. The fourth-order valence-corrected chi connectivity index (χ4v) is 1.34. The van der Waals surface area contributed by atoms with E-state index in [4.69, 9.17) is 5.73 Å². The molecule has 0 saturated heterocycles. The molecule has 5 nitrogen and oxygen atoms in total. The highest BCUT2D eigenvalue weighted by Crippen LogP contribution is 2.09. The first-order valence-corrected chi connectivity index (χ1v) is 3.97. The first-order chi connectivity index (χ1) is 5.29. The van der Waals surface area contributed by atoms with Crippen LogP contribution in [0, 0.1) is 3.70 Å². The summed E-state index contributed by atoms with van der Waals surface area (Å²) in [6, 6.07) is 0. The van der Waals surface area contributed by atoms with E-state index in [2.05, 4.69) is 37.8 Å². The second-order valence-electron chi connectivity index (χ2n) is 1.97. The minimum Gasteiger partial charge on any atom is -0.368 e. The van der Waals surface area contributed by atoms with Crippen LogP contribution in [0.1, 0.15) is 0 Å². The van der Waals surface area contributed by atoms with Crippen molar-refractivity contribution in [1.29, 1.82) is 0 Å². The molecule has 0 radical (unpaired) electrons. The highest BCUT2D eigenvalue weighted by Gasteiger charge is 2.03. The molecule has 6 heteroatoms. The molecule has 2 rings (SSSR count). The lowest BCUT2D eigenvalue weighted by Gasteiger charge is -1.92. The van der Waals surface area contributed by atoms with Gasteiger partial charge in [0.1, 0.15) is 3.70 Å². The highest BCUT2D eigenvalue weighted by molar-refractivity contribution is 14.1. The van der Waals surface area contributed by atoms with Crippen LogP contribution < -0.4 is 5.73 Å². The molecule has 2 aromatic heterocycles. The van der Waals surface area contributed by atoms with Crippen LogP contribution in [-0.4, -0.2) is 19.6 Å². The zero-order valence-electron chi connectivity index (χ0n) is 5.40. The Morgan fingerprint density at radius 3 is 3.00 bits per heavy atom. The number of nitrogens with two attached hydrogens (primary N) is 1. The Hall–Kier alpha value is -0.920. The number of nitrogen functional groups attached to an aromatic ring is 1. The van der Waals surface area contributed by atoms with Crippen molar-refractivity contribution in [2.24, 2.45) is 0 Å². The van der Waals surface area contributed by atoms with Gasteiger partial charge in [-0.15, -0.1) is 10.2 Å². The van der Waals surface area contributed by atoms with Crippen LogP contribution in [0.15, 0.2) is 12.4 Å². The molecule has 2 heterocycles. The molecule has 0 aromatic carbocycles. The molecule has 0 aliphatic heterocycles. The van der Waals surface area contributed by atoms with Gasteiger partial charge < -0.3 is 5.73 Å². The maximum absolute atomic E-state index is 5.50. The van der Waals surface area contributed by atoms with Crippen molar-refractivity contribution >= 4 is 34.2 Å². The molecule has 0 unspecified atom stereocenters. The molecular formula is C5H4IN5. The lowest BCUT2D eigenvalue weighted by atomic mass is 10.7. The van der Waals surface area contributed by atoms with Crippen LogP contribution in [0.25, 0.3) is 5.65 Å². The van der Waals surface area contributed by atoms with E-state index in [1.165, 1.54) is 0 Å². The van der Waals surface area contributed by atoms with Crippen LogP contribution in [0.4, 0.5) is 5.95 Å². The second-order valence-corrected chi connectivity index (χ2v) is 2.99. The van der Waals surface area contributed by atoms with Crippen molar-refractivity contribution < 1.29 is 0 Å². The van der Waals surface area contributed by atoms with Gasteiger partial charge in [-0.3, -0.25) is 4.40 Å². The summed E-state index contributed by atoms with van der Waals surface area (Å²) >= 11 is 2.08. The van der Waals surface area contributed by atoms with E-state index < -0.39 is 0 Å². The predicted octanol–water partition coefficient (Wildman–Crippen LogP) is 0.311. The van der Waals surface area contributed by atoms with E-state index in [0.29, 0.717) is 11.6 Å². The molecule has 0 fully saturated rings. The minimum atomic E-state index is 0.389. The number of fused-ring (bicyclic) bond motifs is 1. The van der Waals surface area contributed by atoms with E-state index in [9.17, 15) is 0 Å². The molecular weight excluding hydrogens is 257 g/mol. The van der Waals surface area contributed by atoms with E-state index >= 15 is 0 Å². The van der Waals surface area contributed by atoms with Crippen molar-refractivity contribution in [3.63, 3.8) is 0 Å². The van der Waals surface area contributed by atoms with Gasteiger partial charge in [0.15, 0.2) is 5.65 Å². The first kappa shape index (κ1) is 6.77. The summed E-state index contributed by atoms with van der Waals surface area (Å²) in [5.74, 6) is 0.389. The fourth-order valence-electron chi connectivity index (χ4n) is 0.814. The number of halogens is 1. The number of hydrogen-bond donors (Lipinski definition) is 1. The fraction of sp³-hybridized carbons (Fsp3) is 0. The zero-order valence-corrected chi connectivity index (χ0v) is 7.56. The van der Waals surface area contributed by atoms with Gasteiger partial charge in [-0.1, -0.05) is 0 Å². The van der Waals surface area contributed by atoms with Gasteiger partial charge in [-0.2, -0.15) is 0 Å². The van der Waals surface area contributed by atoms with Gasteiger partial charge in [-0.25, -0.2) is 4.98 Å². The molecule has 0 aliphatic rings. The molecule has 0 bridgehead atoms. The molecule has 0 atom stereocenters. The number of nitrogens with zero attached hydrogens (tertiary/aromatic N) is 4. The Bertz CT molecular complexity index is 395. The van der Waals surface area contributed by atoms with Gasteiger partial charge in [0.2, 0.25) is 5.95 Å². The van der Waals surface area contributed by atoms with E-state index in [1.54, 1.807) is 16.8 Å². The molecule has 0 aliphatic carbocycles. The van der Waals surface area contributed by atoms with Crippen LogP contribution >= 0.6 is 22.6 Å². The molecule has 0 amide bonds. The molecule has 2 aromatic rings. The number of hydrogen-bond acceptors (Lipinski definition) is 4. The van der Waals surface area contributed by atoms with Crippen LogP contribution in [-0.2, 0) is 0 Å². The number of anilines is 1. The SMILES string of the molecule is Nc1nnc2c(I)nccn12. The van der Waals surface area contributed by atoms with Gasteiger partial charge in [0, 0.05) is 12.4 Å². The van der Waals surface area contributed by atoms with E-state index in [0.717, 1.165) is 3.70 Å². The molecule has 0 saturated carbocycles. The third-order valence-corrected chi connectivity index (χ3v) is 2.07. The summed E-state index contributed by atoms with van der Waals surface area (Å²) in [5, 5.41) is 7.54. The second kappa shape index (κ2) is 2.29. The van der Waals surface area contributed by atoms with E-state index in [1.807, 2.05) is 0 Å². The van der Waals surface area contributed by atoms with Crippen LogP contribution in [0.5, 0.6) is 0 Å². The largest absolute Gasteiger partial charge is 0.368 e. The standard InChI is InChI=1S/C5H4IN5/c6-3-4-9-10-5(7)11(4)2-1-8-3/h1-2H,(H2,7,10). The zero-order chi connectivity index (χ0) is 7.84. The summed E-state index contributed by atoms with van der Waals surface area (Å²) in [4.78, 5) is 4.03. The normalized spacial score (nSPS) is 10.6. The quantitative estimate of drug-likeness (QED) is 0.693. The molecule has 56 valence electrons. The summed E-state index contributed by atoms with van der Waals surface area (Å²) in [6.07, 6.45) is 3.39. The van der Waals surface area contributed by atoms with Crippen molar-refractivity contribution in [2.75, 3.05) is 5.73 Å². The number of aromatic nitrogens is 4. The summed E-state index contributed by atoms with van der Waals surface area (Å²) in [5.41, 5.74) is 6.20. The Morgan fingerprint density at radius 2 is 2.27 bits per heavy atom. The minimum absolute atomic E-state index is 0.389. The van der Waals surface area contributed by atoms with Crippen molar-refractivity contribution in [2.45, 2.75) is 0 Å². The van der Waals surface area contributed by atoms with Crippen molar-refractivity contribution in [1.82, 2.24) is 19.6 Å². The van der Waals surface area contributed by atoms with Crippen molar-refractivity contribution in [3.8, 4) is 0 Å². The maximum atomic E-state index is 5.50. The van der Waals surface area contributed by atoms with E-state index in [-0.39, 0.29) is 0 Å². The lowest BCUT2D eigenvalue weighted by molar-refractivity contribution is 1.11. The van der Waals surface area contributed by atoms with Crippen molar-refractivity contribution in [3.05, 3.63) is 16.1 Å². The third-order valence-electron chi connectivity index (χ3n) is 1.31. The van der Waals surface area contributed by atoms with Gasteiger partial charge in [0.05, 0.1) is 0 Å². The number of rotatable bonds is 0. The molecule has 2 N–H and O–H groups in total. The average molecular weight is 261 g/mol. The van der Waals surface area contributed by atoms with Gasteiger partial charge in [-0.05, 0) is 22.6 Å². The highest BCUT2D eigenvalue weighted by atomic mass is 127. The Labute approximate surface area is 75.8 Å². The maximum Gasteiger partial charge on any atom is 0.226 e. The Morgan fingerprint density at radius 1 is 1.45 bits per heavy atom. The summed E-state index contributed by atoms with van der Waals surface area (Å²) < 4.78 is 2.49. The monoisotopic (exact) mass is 261 g/mol. The predicted molar refractivity (Wildman–Crippen MR) is 47.9 cm³/mol. The first-order valence-electron chi connectivity index (χ1n) is 2.90. The molecule has 0 spiro atoms. The van der Waals surface area contributed by atoms with Gasteiger partial charge >= 0.3 is 0 Å². The third kappa shape index (κ3) is 0.934. The summed E-state index contributed by atoms with van der Waals surface area (Å²) in [7, 11) is 0. The average Bonchev–Trinajstić information content (AvgIpc) is 2.35. The lowest BCUT2D eigenvalue weighted by Crippen LogP contribution is -1.95. The van der Waals surface area contributed by atoms with Gasteiger partial charge in [0.25, 0.3) is 0 Å².